The van der Waals surface area contributed by atoms with Crippen LogP contribution in [0.1, 0.15) is 28.8 Å². The van der Waals surface area contributed by atoms with E-state index in [1.165, 1.54) is 11.8 Å². The predicted octanol–water partition coefficient (Wildman–Crippen LogP) is 4.44. The zero-order valence-corrected chi connectivity index (χ0v) is 21.8. The van der Waals surface area contributed by atoms with Crippen molar-refractivity contribution in [3.63, 3.8) is 0 Å². The minimum atomic E-state index is -0.515. The molecule has 1 fully saturated rings. The number of carbonyl (C=O) groups excluding carboxylic acids is 1. The molecule has 1 aromatic heterocycles. The standard InChI is InChI=1S/C28H27N3O4S2/c32-25-8-4-7-22-20-13-18(16-31(22)25)15-30(17-20)28(36)37-26(19-5-2-1-3-6-19)27(33)29-21-9-10-23-24(14-21)35-12-11-34-23/h1-10,14,18,20,26H,11-13,15-17H2,(H,29,33)/t18-,20-,26+/m0/s1. The smallest absolute Gasteiger partial charge is 0.250 e. The maximum atomic E-state index is 13.6. The SMILES string of the molecule is O=C(Nc1ccc2c(c1)OCCO2)[C@H](SC(=S)N1C[C@@H]2C[C@@H](C1)c1cccc(=O)n1C2)c1ccccc1. The fourth-order valence-corrected chi connectivity index (χ4v) is 6.85. The molecule has 2 aromatic carbocycles. The average molecular weight is 534 g/mol. The van der Waals surface area contributed by atoms with E-state index in [0.29, 0.717) is 47.2 Å². The monoisotopic (exact) mass is 533 g/mol. The number of thioether (sulfide) groups is 1. The third-order valence-electron chi connectivity index (χ3n) is 7.11. The minimum Gasteiger partial charge on any atom is -0.486 e. The fraction of sp³-hybridized carbons (Fsp3) is 0.321. The van der Waals surface area contributed by atoms with Crippen LogP contribution in [0, 0.1) is 5.92 Å². The van der Waals surface area contributed by atoms with Gasteiger partial charge in [0.15, 0.2) is 11.5 Å². The van der Waals surface area contributed by atoms with E-state index in [0.717, 1.165) is 30.8 Å². The maximum Gasteiger partial charge on any atom is 0.250 e. The number of piperidine rings is 1. The lowest BCUT2D eigenvalue weighted by Crippen LogP contribution is -2.48. The molecule has 1 N–H and O–H groups in total. The summed E-state index contributed by atoms with van der Waals surface area (Å²) in [5.41, 5.74) is 2.69. The van der Waals surface area contributed by atoms with E-state index in [1.54, 1.807) is 12.1 Å². The quantitative estimate of drug-likeness (QED) is 0.497. The highest BCUT2D eigenvalue weighted by atomic mass is 32.2. The Kier molecular flexibility index (Phi) is 6.65. The Bertz CT molecular complexity index is 1390. The minimum absolute atomic E-state index is 0.0672. The largest absolute Gasteiger partial charge is 0.486 e. The first kappa shape index (κ1) is 24.1. The molecule has 0 saturated carbocycles. The number of fused-ring (bicyclic) bond motifs is 5. The zero-order chi connectivity index (χ0) is 25.4. The highest BCUT2D eigenvalue weighted by Crippen LogP contribution is 2.39. The maximum absolute atomic E-state index is 13.6. The summed E-state index contributed by atoms with van der Waals surface area (Å²) in [5, 5.41) is 2.53. The van der Waals surface area contributed by atoms with E-state index >= 15 is 0 Å². The number of rotatable bonds is 4. The van der Waals surface area contributed by atoms with Gasteiger partial charge in [-0.05, 0) is 36.1 Å². The van der Waals surface area contributed by atoms with Crippen molar-refractivity contribution in [3.05, 3.63) is 88.3 Å². The highest BCUT2D eigenvalue weighted by Gasteiger charge is 2.36. The second-order valence-electron chi connectivity index (χ2n) is 9.63. The van der Waals surface area contributed by atoms with Crippen LogP contribution in [0.4, 0.5) is 5.69 Å². The van der Waals surface area contributed by atoms with Crippen LogP contribution in [0.25, 0.3) is 0 Å². The van der Waals surface area contributed by atoms with E-state index < -0.39 is 5.25 Å². The van der Waals surface area contributed by atoms with Gasteiger partial charge in [-0.3, -0.25) is 9.59 Å². The number of likely N-dealkylation sites (tertiary alicyclic amines) is 1. The fourth-order valence-electron chi connectivity index (χ4n) is 5.45. The number of hydrogen-bond acceptors (Lipinski definition) is 6. The summed E-state index contributed by atoms with van der Waals surface area (Å²) in [6.07, 6.45) is 1.06. The molecule has 1 saturated heterocycles. The number of carbonyl (C=O) groups is 1. The summed E-state index contributed by atoms with van der Waals surface area (Å²) in [6, 6.07) is 20.7. The molecule has 0 spiro atoms. The predicted molar refractivity (Wildman–Crippen MR) is 149 cm³/mol. The molecule has 1 amide bonds. The number of ether oxygens (including phenoxy) is 2. The topological polar surface area (TPSA) is 72.8 Å². The molecule has 3 aromatic rings. The Morgan fingerprint density at radius 1 is 0.973 bits per heavy atom. The lowest BCUT2D eigenvalue weighted by molar-refractivity contribution is -0.115. The first-order valence-corrected chi connectivity index (χ1v) is 13.7. The van der Waals surface area contributed by atoms with Gasteiger partial charge in [0.2, 0.25) is 5.91 Å². The van der Waals surface area contributed by atoms with E-state index in [1.807, 2.05) is 53.1 Å². The van der Waals surface area contributed by atoms with Crippen molar-refractivity contribution in [1.29, 1.82) is 0 Å². The summed E-state index contributed by atoms with van der Waals surface area (Å²) in [4.78, 5) is 28.2. The molecule has 0 aliphatic carbocycles. The van der Waals surface area contributed by atoms with Crippen molar-refractivity contribution in [1.82, 2.24) is 9.47 Å². The molecule has 6 rings (SSSR count). The average Bonchev–Trinajstić information content (AvgIpc) is 2.92. The second kappa shape index (κ2) is 10.2. The van der Waals surface area contributed by atoms with Crippen molar-refractivity contribution >= 4 is 39.9 Å². The van der Waals surface area contributed by atoms with Crippen LogP contribution in [0.2, 0.25) is 0 Å². The molecule has 3 aliphatic heterocycles. The third kappa shape index (κ3) is 4.98. The number of nitrogens with zero attached hydrogens (tertiary/aromatic N) is 2. The Morgan fingerprint density at radius 3 is 2.62 bits per heavy atom. The summed E-state index contributed by atoms with van der Waals surface area (Å²) in [6.45, 7) is 3.25. The Labute approximate surface area is 224 Å². The van der Waals surface area contributed by atoms with Crippen molar-refractivity contribution in [2.24, 2.45) is 5.92 Å². The van der Waals surface area contributed by atoms with Gasteiger partial charge in [-0.1, -0.05) is 60.4 Å². The van der Waals surface area contributed by atoms with Crippen LogP contribution in [0.15, 0.2) is 71.5 Å². The molecule has 3 aliphatic rings. The first-order chi connectivity index (χ1) is 18.0. The van der Waals surface area contributed by atoms with Gasteiger partial charge < -0.3 is 24.3 Å². The number of aromatic nitrogens is 1. The molecule has 3 atom stereocenters. The number of nitrogens with one attached hydrogen (secondary N) is 1. The van der Waals surface area contributed by atoms with E-state index in [9.17, 15) is 9.59 Å². The number of pyridine rings is 1. The second-order valence-corrected chi connectivity index (χ2v) is 11.4. The molecular weight excluding hydrogens is 506 g/mol. The van der Waals surface area contributed by atoms with Gasteiger partial charge in [-0.15, -0.1) is 0 Å². The zero-order valence-electron chi connectivity index (χ0n) is 20.2. The Morgan fingerprint density at radius 2 is 1.78 bits per heavy atom. The number of thiocarbonyl (C=S) groups is 1. The third-order valence-corrected chi connectivity index (χ3v) is 8.84. The molecule has 2 bridgehead atoms. The molecule has 7 nitrogen and oxygen atoms in total. The van der Waals surface area contributed by atoms with Gasteiger partial charge in [0.1, 0.15) is 22.8 Å². The number of hydrogen-bond donors (Lipinski definition) is 1. The normalized spacial score (nSPS) is 20.5. The number of amides is 1. The van der Waals surface area contributed by atoms with Crippen molar-refractivity contribution in [3.8, 4) is 11.5 Å². The van der Waals surface area contributed by atoms with Crippen molar-refractivity contribution in [2.45, 2.75) is 24.1 Å². The van der Waals surface area contributed by atoms with E-state index in [-0.39, 0.29) is 17.4 Å². The molecule has 190 valence electrons. The van der Waals surface area contributed by atoms with Crippen LogP contribution in [0.5, 0.6) is 11.5 Å². The molecular formula is C28H27N3O4S2. The summed E-state index contributed by atoms with van der Waals surface area (Å²) < 4.78 is 13.9. The lowest BCUT2D eigenvalue weighted by atomic mass is 9.83. The van der Waals surface area contributed by atoms with Crippen LogP contribution in [-0.2, 0) is 11.3 Å². The summed E-state index contributed by atoms with van der Waals surface area (Å²) in [5.74, 6) is 1.76. The van der Waals surface area contributed by atoms with Crippen molar-refractivity contribution < 1.29 is 14.3 Å². The molecule has 0 radical (unpaired) electrons. The van der Waals surface area contributed by atoms with E-state index in [4.69, 9.17) is 21.7 Å². The number of benzene rings is 2. The van der Waals surface area contributed by atoms with Crippen molar-refractivity contribution in [2.75, 3.05) is 31.6 Å². The van der Waals surface area contributed by atoms with Gasteiger partial charge in [0, 0.05) is 49.1 Å². The van der Waals surface area contributed by atoms with Gasteiger partial charge in [-0.25, -0.2) is 0 Å². The van der Waals surface area contributed by atoms with Crippen LogP contribution in [-0.4, -0.2) is 46.0 Å². The van der Waals surface area contributed by atoms with Crippen LogP contribution < -0.4 is 20.3 Å². The molecule has 4 heterocycles. The van der Waals surface area contributed by atoms with Crippen LogP contribution in [0.3, 0.4) is 0 Å². The summed E-state index contributed by atoms with van der Waals surface area (Å²) in [7, 11) is 0. The molecule has 0 unspecified atom stereocenters. The Hall–Kier alpha value is -3.30. The van der Waals surface area contributed by atoms with Gasteiger partial charge in [-0.2, -0.15) is 0 Å². The summed E-state index contributed by atoms with van der Waals surface area (Å²) >= 11 is 7.32. The van der Waals surface area contributed by atoms with Gasteiger partial charge in [0.05, 0.1) is 0 Å². The Balaban J connectivity index is 1.20. The van der Waals surface area contributed by atoms with Crippen LogP contribution >= 0.6 is 24.0 Å². The van der Waals surface area contributed by atoms with E-state index in [2.05, 4.69) is 16.3 Å². The van der Waals surface area contributed by atoms with Gasteiger partial charge >= 0.3 is 0 Å². The first-order valence-electron chi connectivity index (χ1n) is 12.5. The molecule has 9 heteroatoms. The molecule has 37 heavy (non-hydrogen) atoms. The highest BCUT2D eigenvalue weighted by molar-refractivity contribution is 8.23. The van der Waals surface area contributed by atoms with Gasteiger partial charge in [0.25, 0.3) is 5.56 Å². The number of anilines is 1. The lowest BCUT2D eigenvalue weighted by Gasteiger charge is -2.43.